The molecule has 1 aliphatic rings. The van der Waals surface area contributed by atoms with Crippen LogP contribution in [0.25, 0.3) is 0 Å². The van der Waals surface area contributed by atoms with Crippen LogP contribution in [0.2, 0.25) is 0 Å². The average Bonchev–Trinajstić information content (AvgIpc) is 2.62. The molecule has 20 heavy (non-hydrogen) atoms. The molecule has 0 saturated carbocycles. The van der Waals surface area contributed by atoms with Gasteiger partial charge in [-0.25, -0.2) is 0 Å². The van der Waals surface area contributed by atoms with Crippen LogP contribution < -0.4 is 21.1 Å². The molecule has 0 radical (unpaired) electrons. The van der Waals surface area contributed by atoms with Crippen molar-refractivity contribution in [2.24, 2.45) is 5.73 Å². The van der Waals surface area contributed by atoms with Crippen molar-refractivity contribution < 1.29 is 14.3 Å². The molecular formula is C14H19N3O3. The number of primary amides is 1. The molecule has 1 heterocycles. The molecule has 1 aromatic carbocycles. The molecule has 0 spiro atoms. The Kier molecular flexibility index (Phi) is 4.81. The van der Waals surface area contributed by atoms with E-state index in [9.17, 15) is 9.59 Å². The van der Waals surface area contributed by atoms with Gasteiger partial charge in [0.05, 0.1) is 0 Å². The minimum atomic E-state index is -0.522. The van der Waals surface area contributed by atoms with Crippen molar-refractivity contribution in [3.63, 3.8) is 0 Å². The topological polar surface area (TPSA) is 93.5 Å². The maximum atomic E-state index is 11.9. The van der Waals surface area contributed by atoms with Crippen LogP contribution in [0, 0.1) is 0 Å². The molecule has 6 heteroatoms. The van der Waals surface area contributed by atoms with E-state index in [0.29, 0.717) is 5.75 Å². The molecular weight excluding hydrogens is 258 g/mol. The Labute approximate surface area is 117 Å². The monoisotopic (exact) mass is 277 g/mol. The molecule has 1 atom stereocenters. The van der Waals surface area contributed by atoms with Crippen LogP contribution in [-0.2, 0) is 9.59 Å². The van der Waals surface area contributed by atoms with Gasteiger partial charge >= 0.3 is 0 Å². The highest BCUT2D eigenvalue weighted by atomic mass is 16.5. The summed E-state index contributed by atoms with van der Waals surface area (Å²) < 4.78 is 5.23. The Morgan fingerprint density at radius 2 is 2.30 bits per heavy atom. The van der Waals surface area contributed by atoms with Gasteiger partial charge in [-0.1, -0.05) is 6.07 Å². The predicted molar refractivity (Wildman–Crippen MR) is 75.4 cm³/mol. The third-order valence-corrected chi connectivity index (χ3v) is 3.09. The van der Waals surface area contributed by atoms with E-state index in [1.165, 1.54) is 0 Å². The Bertz CT molecular complexity index is 490. The van der Waals surface area contributed by atoms with Crippen molar-refractivity contribution in [1.82, 2.24) is 5.32 Å². The number of benzene rings is 1. The third kappa shape index (κ3) is 4.15. The first-order chi connectivity index (χ1) is 9.65. The number of amides is 2. The van der Waals surface area contributed by atoms with E-state index < -0.39 is 5.91 Å². The second kappa shape index (κ2) is 6.79. The van der Waals surface area contributed by atoms with Crippen molar-refractivity contribution in [1.29, 1.82) is 0 Å². The van der Waals surface area contributed by atoms with Crippen molar-refractivity contribution in [2.75, 3.05) is 18.5 Å². The summed E-state index contributed by atoms with van der Waals surface area (Å²) >= 11 is 0. The molecule has 6 nitrogen and oxygen atoms in total. The molecule has 1 saturated heterocycles. The van der Waals surface area contributed by atoms with Crippen LogP contribution in [0.4, 0.5) is 5.69 Å². The number of ether oxygens (including phenoxy) is 1. The van der Waals surface area contributed by atoms with E-state index in [1.54, 1.807) is 18.2 Å². The van der Waals surface area contributed by atoms with Crippen molar-refractivity contribution in [3.05, 3.63) is 24.3 Å². The molecule has 0 bridgehead atoms. The Balaban J connectivity index is 1.99. The van der Waals surface area contributed by atoms with Gasteiger partial charge in [-0.05, 0) is 31.4 Å². The first kappa shape index (κ1) is 14.2. The maximum Gasteiger partial charge on any atom is 0.255 e. The van der Waals surface area contributed by atoms with E-state index in [2.05, 4.69) is 10.6 Å². The van der Waals surface area contributed by atoms with Crippen molar-refractivity contribution in [3.8, 4) is 5.75 Å². The van der Waals surface area contributed by atoms with Gasteiger partial charge in [-0.15, -0.1) is 0 Å². The van der Waals surface area contributed by atoms with Crippen LogP contribution in [0.15, 0.2) is 24.3 Å². The summed E-state index contributed by atoms with van der Waals surface area (Å²) in [4.78, 5) is 22.5. The summed E-state index contributed by atoms with van der Waals surface area (Å²) in [6.07, 6.45) is 2.82. The molecule has 2 amide bonds. The number of nitrogens with two attached hydrogens (primary N) is 1. The lowest BCUT2D eigenvalue weighted by atomic mass is 10.1. The first-order valence-electron chi connectivity index (χ1n) is 6.70. The second-order valence-corrected chi connectivity index (χ2v) is 4.77. The number of rotatable bonds is 5. The Morgan fingerprint density at radius 3 is 3.10 bits per heavy atom. The van der Waals surface area contributed by atoms with Crippen LogP contribution in [0.5, 0.6) is 5.75 Å². The number of nitrogens with one attached hydrogen (secondary N) is 2. The van der Waals surface area contributed by atoms with Gasteiger partial charge in [-0.2, -0.15) is 0 Å². The Hall–Kier alpha value is -2.24. The third-order valence-electron chi connectivity index (χ3n) is 3.09. The van der Waals surface area contributed by atoms with Gasteiger partial charge in [0.1, 0.15) is 11.8 Å². The fourth-order valence-corrected chi connectivity index (χ4v) is 2.11. The molecule has 1 aliphatic heterocycles. The quantitative estimate of drug-likeness (QED) is 0.736. The summed E-state index contributed by atoms with van der Waals surface area (Å²) in [7, 11) is 0. The van der Waals surface area contributed by atoms with Gasteiger partial charge in [0.2, 0.25) is 5.91 Å². The highest BCUT2D eigenvalue weighted by molar-refractivity contribution is 5.84. The predicted octanol–water partition coefficient (Wildman–Crippen LogP) is 0.631. The highest BCUT2D eigenvalue weighted by Crippen LogP contribution is 2.19. The number of anilines is 1. The lowest BCUT2D eigenvalue weighted by Crippen LogP contribution is -2.37. The lowest BCUT2D eigenvalue weighted by Gasteiger charge is -2.17. The zero-order chi connectivity index (χ0) is 14.4. The molecule has 2 rings (SSSR count). The van der Waals surface area contributed by atoms with Gasteiger partial charge < -0.3 is 21.1 Å². The largest absolute Gasteiger partial charge is 0.484 e. The SMILES string of the molecule is NC(=O)COc1cccc(NC2CCCCNC2=O)c1. The molecule has 108 valence electrons. The zero-order valence-corrected chi connectivity index (χ0v) is 11.2. The number of hydrogen-bond donors (Lipinski definition) is 3. The van der Waals surface area contributed by atoms with Crippen LogP contribution in [0.1, 0.15) is 19.3 Å². The normalized spacial score (nSPS) is 18.8. The second-order valence-electron chi connectivity index (χ2n) is 4.77. The van der Waals surface area contributed by atoms with Crippen molar-refractivity contribution >= 4 is 17.5 Å². The molecule has 1 unspecified atom stereocenters. The Morgan fingerprint density at radius 1 is 1.45 bits per heavy atom. The molecule has 4 N–H and O–H groups in total. The summed E-state index contributed by atoms with van der Waals surface area (Å²) in [5.41, 5.74) is 5.82. The maximum absolute atomic E-state index is 11.9. The number of hydrogen-bond acceptors (Lipinski definition) is 4. The summed E-state index contributed by atoms with van der Waals surface area (Å²) in [5, 5.41) is 6.07. The van der Waals surface area contributed by atoms with E-state index in [1.807, 2.05) is 6.07 Å². The van der Waals surface area contributed by atoms with Gasteiger partial charge in [-0.3, -0.25) is 9.59 Å². The summed E-state index contributed by atoms with van der Waals surface area (Å²) in [6.45, 7) is 0.576. The van der Waals surface area contributed by atoms with Crippen LogP contribution in [0.3, 0.4) is 0 Å². The number of carbonyl (C=O) groups excluding carboxylic acids is 2. The standard InChI is InChI=1S/C14H19N3O3/c15-13(18)9-20-11-5-3-4-10(8-11)17-12-6-1-2-7-16-14(12)19/h3-5,8,12,17H,1-2,6-7,9H2,(H2,15,18)(H,16,19). The highest BCUT2D eigenvalue weighted by Gasteiger charge is 2.20. The van der Waals surface area contributed by atoms with E-state index in [0.717, 1.165) is 31.5 Å². The summed E-state index contributed by atoms with van der Waals surface area (Å²) in [5.74, 6) is 0.0419. The molecule has 1 fully saturated rings. The molecule has 0 aromatic heterocycles. The van der Waals surface area contributed by atoms with E-state index >= 15 is 0 Å². The van der Waals surface area contributed by atoms with E-state index in [-0.39, 0.29) is 18.6 Å². The molecule has 0 aliphatic carbocycles. The van der Waals surface area contributed by atoms with Gasteiger partial charge in [0.15, 0.2) is 6.61 Å². The summed E-state index contributed by atoms with van der Waals surface area (Å²) in [6, 6.07) is 6.91. The minimum Gasteiger partial charge on any atom is -0.484 e. The minimum absolute atomic E-state index is 0.0194. The van der Waals surface area contributed by atoms with Gasteiger partial charge in [0, 0.05) is 18.3 Å². The average molecular weight is 277 g/mol. The first-order valence-corrected chi connectivity index (χ1v) is 6.70. The smallest absolute Gasteiger partial charge is 0.255 e. The van der Waals surface area contributed by atoms with E-state index in [4.69, 9.17) is 10.5 Å². The molecule has 1 aromatic rings. The van der Waals surface area contributed by atoms with Gasteiger partial charge in [0.25, 0.3) is 5.91 Å². The van der Waals surface area contributed by atoms with Crippen LogP contribution >= 0.6 is 0 Å². The number of carbonyl (C=O) groups is 2. The zero-order valence-electron chi connectivity index (χ0n) is 11.2. The lowest BCUT2D eigenvalue weighted by molar-refractivity contribution is -0.121. The fourth-order valence-electron chi connectivity index (χ4n) is 2.11. The van der Waals surface area contributed by atoms with Crippen LogP contribution in [-0.4, -0.2) is 31.0 Å². The fraction of sp³-hybridized carbons (Fsp3) is 0.429. The van der Waals surface area contributed by atoms with Crippen molar-refractivity contribution in [2.45, 2.75) is 25.3 Å².